The second-order valence-corrected chi connectivity index (χ2v) is 4.62. The smallest absolute Gasteiger partial charge is 0.225 e. The monoisotopic (exact) mass is 290 g/mol. The van der Waals surface area contributed by atoms with E-state index in [-0.39, 0.29) is 6.61 Å². The predicted octanol–water partition coefficient (Wildman–Crippen LogP) is 1.51. The van der Waals surface area contributed by atoms with Gasteiger partial charge in [-0.15, -0.1) is 0 Å². The van der Waals surface area contributed by atoms with Crippen molar-refractivity contribution in [1.82, 2.24) is 9.97 Å². The average Bonchev–Trinajstić information content (AvgIpc) is 2.51. The minimum Gasteiger partial charge on any atom is -0.395 e. The van der Waals surface area contributed by atoms with Crippen LogP contribution in [0.1, 0.15) is 6.92 Å². The molecule has 0 unspecified atom stereocenters. The second-order valence-electron chi connectivity index (χ2n) is 4.62. The van der Waals surface area contributed by atoms with Crippen molar-refractivity contribution in [3.63, 3.8) is 0 Å². The van der Waals surface area contributed by atoms with Gasteiger partial charge in [0, 0.05) is 32.1 Å². The Kier molecular flexibility index (Phi) is 5.71. The molecule has 0 saturated heterocycles. The van der Waals surface area contributed by atoms with Crippen LogP contribution in [0.5, 0.6) is 0 Å². The van der Waals surface area contributed by atoms with Gasteiger partial charge in [0.25, 0.3) is 0 Å². The standard InChI is InChI=1S/C15H22N4O2/c1-3-16-15-17-13-7-5-4-6-12(13)14(18-15)19(8-10-20)9-11-21-2/h4-7,20H,3,8-11H2,1-2H3,(H,16,17,18). The van der Waals surface area contributed by atoms with Crippen molar-refractivity contribution < 1.29 is 9.84 Å². The largest absolute Gasteiger partial charge is 0.395 e. The van der Waals surface area contributed by atoms with Crippen molar-refractivity contribution in [3.8, 4) is 0 Å². The average molecular weight is 290 g/mol. The summed E-state index contributed by atoms with van der Waals surface area (Å²) < 4.78 is 5.15. The first kappa shape index (κ1) is 15.5. The van der Waals surface area contributed by atoms with Gasteiger partial charge in [0.2, 0.25) is 5.95 Å². The molecule has 2 aromatic rings. The summed E-state index contributed by atoms with van der Waals surface area (Å²) in [6.45, 7) is 4.59. The Morgan fingerprint density at radius 3 is 2.76 bits per heavy atom. The van der Waals surface area contributed by atoms with Gasteiger partial charge in [-0.05, 0) is 19.1 Å². The molecule has 114 valence electrons. The number of nitrogens with zero attached hydrogens (tertiary/aromatic N) is 3. The number of benzene rings is 1. The normalized spacial score (nSPS) is 10.8. The highest BCUT2D eigenvalue weighted by atomic mass is 16.5. The molecule has 0 aliphatic heterocycles. The first-order valence-corrected chi connectivity index (χ1v) is 7.15. The highest BCUT2D eigenvalue weighted by Gasteiger charge is 2.14. The minimum absolute atomic E-state index is 0.0680. The second kappa shape index (κ2) is 7.75. The number of aliphatic hydroxyl groups excluding tert-OH is 1. The van der Waals surface area contributed by atoms with E-state index < -0.39 is 0 Å². The van der Waals surface area contributed by atoms with Gasteiger partial charge in [-0.3, -0.25) is 0 Å². The summed E-state index contributed by atoms with van der Waals surface area (Å²) in [4.78, 5) is 11.1. The molecule has 1 aromatic carbocycles. The van der Waals surface area contributed by atoms with Crippen LogP contribution in [-0.4, -0.2) is 55.0 Å². The van der Waals surface area contributed by atoms with Crippen molar-refractivity contribution >= 4 is 22.7 Å². The third kappa shape index (κ3) is 3.80. The van der Waals surface area contributed by atoms with Gasteiger partial charge in [0.05, 0.1) is 18.7 Å². The third-order valence-corrected chi connectivity index (χ3v) is 3.15. The van der Waals surface area contributed by atoms with Crippen LogP contribution >= 0.6 is 0 Å². The van der Waals surface area contributed by atoms with Crippen LogP contribution in [0.25, 0.3) is 10.9 Å². The third-order valence-electron chi connectivity index (χ3n) is 3.15. The summed E-state index contributed by atoms with van der Waals surface area (Å²) in [7, 11) is 1.67. The van der Waals surface area contributed by atoms with Gasteiger partial charge in [0.1, 0.15) is 5.82 Å². The van der Waals surface area contributed by atoms with E-state index in [0.717, 1.165) is 23.3 Å². The van der Waals surface area contributed by atoms with Crippen molar-refractivity contribution in [2.75, 3.05) is 50.2 Å². The van der Waals surface area contributed by atoms with Crippen LogP contribution in [0.15, 0.2) is 24.3 Å². The van der Waals surface area contributed by atoms with Gasteiger partial charge in [-0.25, -0.2) is 4.98 Å². The number of aromatic nitrogens is 2. The molecule has 0 spiro atoms. The zero-order chi connectivity index (χ0) is 15.1. The number of hydrogen-bond donors (Lipinski definition) is 2. The molecule has 1 heterocycles. The van der Waals surface area contributed by atoms with Crippen LogP contribution in [-0.2, 0) is 4.74 Å². The molecule has 0 bridgehead atoms. The van der Waals surface area contributed by atoms with Gasteiger partial charge >= 0.3 is 0 Å². The maximum Gasteiger partial charge on any atom is 0.225 e. The molecule has 0 saturated carbocycles. The van der Waals surface area contributed by atoms with E-state index in [9.17, 15) is 5.11 Å². The first-order chi connectivity index (χ1) is 10.3. The Morgan fingerprint density at radius 2 is 2.05 bits per heavy atom. The molecule has 2 rings (SSSR count). The van der Waals surface area contributed by atoms with Gasteiger partial charge in [0.15, 0.2) is 0 Å². The molecule has 0 atom stereocenters. The maximum absolute atomic E-state index is 9.30. The number of hydrogen-bond acceptors (Lipinski definition) is 6. The van der Waals surface area contributed by atoms with Crippen LogP contribution in [0, 0.1) is 0 Å². The molecule has 2 N–H and O–H groups in total. The number of methoxy groups -OCH3 is 1. The van der Waals surface area contributed by atoms with E-state index in [4.69, 9.17) is 4.74 Å². The molecular weight excluding hydrogens is 268 g/mol. The van der Waals surface area contributed by atoms with Gasteiger partial charge in [-0.2, -0.15) is 4.98 Å². The molecule has 0 fully saturated rings. The number of ether oxygens (including phenoxy) is 1. The number of anilines is 2. The van der Waals surface area contributed by atoms with Crippen molar-refractivity contribution in [1.29, 1.82) is 0 Å². The summed E-state index contributed by atoms with van der Waals surface area (Å²) in [5.74, 6) is 1.43. The molecular formula is C15H22N4O2. The van der Waals surface area contributed by atoms with E-state index in [2.05, 4.69) is 15.3 Å². The summed E-state index contributed by atoms with van der Waals surface area (Å²) in [6.07, 6.45) is 0. The molecule has 21 heavy (non-hydrogen) atoms. The minimum atomic E-state index is 0.0680. The van der Waals surface area contributed by atoms with Gasteiger partial charge < -0.3 is 20.1 Å². The lowest BCUT2D eigenvalue weighted by atomic mass is 10.2. The Bertz CT molecular complexity index is 577. The molecule has 0 aliphatic carbocycles. The van der Waals surface area contributed by atoms with Crippen LogP contribution in [0.2, 0.25) is 0 Å². The van der Waals surface area contributed by atoms with Gasteiger partial charge in [-0.1, -0.05) is 12.1 Å². The Morgan fingerprint density at radius 1 is 1.24 bits per heavy atom. The van der Waals surface area contributed by atoms with Crippen LogP contribution in [0.3, 0.4) is 0 Å². The molecule has 0 aliphatic rings. The topological polar surface area (TPSA) is 70.5 Å². The number of fused-ring (bicyclic) bond motifs is 1. The molecule has 1 aromatic heterocycles. The van der Waals surface area contributed by atoms with Crippen LogP contribution in [0.4, 0.5) is 11.8 Å². The van der Waals surface area contributed by atoms with E-state index in [1.54, 1.807) is 7.11 Å². The zero-order valence-electron chi connectivity index (χ0n) is 12.5. The number of aliphatic hydroxyl groups is 1. The Balaban J connectivity index is 2.46. The fraction of sp³-hybridized carbons (Fsp3) is 0.467. The lowest BCUT2D eigenvalue weighted by molar-refractivity contribution is 0.202. The predicted molar refractivity (Wildman–Crippen MR) is 84.9 cm³/mol. The quantitative estimate of drug-likeness (QED) is 0.768. The highest BCUT2D eigenvalue weighted by Crippen LogP contribution is 2.25. The lowest BCUT2D eigenvalue weighted by Crippen LogP contribution is -2.31. The highest BCUT2D eigenvalue weighted by molar-refractivity contribution is 5.90. The fourth-order valence-electron chi connectivity index (χ4n) is 2.18. The van der Waals surface area contributed by atoms with E-state index in [1.165, 1.54) is 0 Å². The van der Waals surface area contributed by atoms with Crippen molar-refractivity contribution in [2.45, 2.75) is 6.92 Å². The summed E-state index contributed by atoms with van der Waals surface area (Å²) in [5, 5.41) is 13.4. The molecule has 0 radical (unpaired) electrons. The SMILES string of the molecule is CCNc1nc(N(CCO)CCOC)c2ccccc2n1. The summed E-state index contributed by atoms with van der Waals surface area (Å²) in [6, 6.07) is 7.89. The van der Waals surface area contributed by atoms with E-state index >= 15 is 0 Å². The summed E-state index contributed by atoms with van der Waals surface area (Å²) >= 11 is 0. The Hall–Kier alpha value is -1.92. The molecule has 0 amide bonds. The van der Waals surface area contributed by atoms with E-state index in [0.29, 0.717) is 25.6 Å². The van der Waals surface area contributed by atoms with Crippen molar-refractivity contribution in [2.24, 2.45) is 0 Å². The lowest BCUT2D eigenvalue weighted by Gasteiger charge is -2.24. The summed E-state index contributed by atoms with van der Waals surface area (Å²) in [5.41, 5.74) is 0.888. The van der Waals surface area contributed by atoms with Crippen LogP contribution < -0.4 is 10.2 Å². The fourth-order valence-corrected chi connectivity index (χ4v) is 2.18. The van der Waals surface area contributed by atoms with E-state index in [1.807, 2.05) is 36.1 Å². The number of rotatable bonds is 8. The van der Waals surface area contributed by atoms with Crippen molar-refractivity contribution in [3.05, 3.63) is 24.3 Å². The first-order valence-electron chi connectivity index (χ1n) is 7.15. The molecule has 6 nitrogen and oxygen atoms in total. The molecule has 6 heteroatoms. The zero-order valence-corrected chi connectivity index (χ0v) is 12.5. The maximum atomic E-state index is 9.30. The Labute approximate surface area is 124 Å². The number of nitrogens with one attached hydrogen (secondary N) is 1. The number of para-hydroxylation sites is 1.